The lowest BCUT2D eigenvalue weighted by atomic mass is 9.87. The highest BCUT2D eigenvalue weighted by atomic mass is 16.2. The largest absolute Gasteiger partial charge is 0.351 e. The van der Waals surface area contributed by atoms with Crippen molar-refractivity contribution in [2.45, 2.75) is 51.5 Å². The summed E-state index contributed by atoms with van der Waals surface area (Å²) in [5, 5.41) is 12.3. The Kier molecular flexibility index (Phi) is 4.84. The summed E-state index contributed by atoms with van der Waals surface area (Å²) in [6, 6.07) is 9.95. The van der Waals surface area contributed by atoms with E-state index in [0.29, 0.717) is 25.8 Å². The molecule has 1 aliphatic carbocycles. The first-order valence-corrected chi connectivity index (χ1v) is 8.73. The molecule has 5 nitrogen and oxygen atoms in total. The summed E-state index contributed by atoms with van der Waals surface area (Å²) in [4.78, 5) is 26.3. The van der Waals surface area contributed by atoms with Crippen molar-refractivity contribution in [3.63, 3.8) is 0 Å². The van der Waals surface area contributed by atoms with Crippen molar-refractivity contribution in [3.05, 3.63) is 29.8 Å². The Morgan fingerprint density at radius 1 is 1.25 bits per heavy atom. The highest BCUT2D eigenvalue weighted by molar-refractivity contribution is 5.94. The number of carbonyl (C=O) groups is 2. The molecule has 0 aromatic heterocycles. The van der Waals surface area contributed by atoms with Gasteiger partial charge in [0.15, 0.2) is 0 Å². The Labute approximate surface area is 142 Å². The van der Waals surface area contributed by atoms with Crippen molar-refractivity contribution < 1.29 is 9.59 Å². The van der Waals surface area contributed by atoms with Gasteiger partial charge in [-0.1, -0.05) is 25.0 Å². The van der Waals surface area contributed by atoms with E-state index in [4.69, 9.17) is 0 Å². The van der Waals surface area contributed by atoms with E-state index in [0.717, 1.165) is 43.5 Å². The lowest BCUT2D eigenvalue weighted by Gasteiger charge is -2.27. The summed E-state index contributed by atoms with van der Waals surface area (Å²) in [5.41, 5.74) is 0.994. The topological polar surface area (TPSA) is 73.2 Å². The maximum atomic E-state index is 12.4. The van der Waals surface area contributed by atoms with Crippen LogP contribution in [0, 0.1) is 16.7 Å². The van der Waals surface area contributed by atoms with Gasteiger partial charge in [0.2, 0.25) is 11.8 Å². The molecule has 5 heteroatoms. The van der Waals surface area contributed by atoms with E-state index in [1.54, 1.807) is 0 Å². The molecule has 2 amide bonds. The number of carbonyl (C=O) groups excluding carboxylic acids is 2. The van der Waals surface area contributed by atoms with Gasteiger partial charge in [-0.2, -0.15) is 5.26 Å². The summed E-state index contributed by atoms with van der Waals surface area (Å²) in [6.45, 7) is 1.14. The van der Waals surface area contributed by atoms with Crippen LogP contribution in [-0.4, -0.2) is 18.4 Å². The number of nitriles is 1. The summed E-state index contributed by atoms with van der Waals surface area (Å²) in [7, 11) is 0. The molecule has 1 heterocycles. The molecule has 1 saturated heterocycles. The summed E-state index contributed by atoms with van der Waals surface area (Å²) in [5.74, 6) is -0.00113. The fourth-order valence-electron chi connectivity index (χ4n) is 3.63. The van der Waals surface area contributed by atoms with Crippen LogP contribution in [-0.2, 0) is 16.1 Å². The average molecular weight is 325 g/mol. The Morgan fingerprint density at radius 2 is 2.04 bits per heavy atom. The van der Waals surface area contributed by atoms with Crippen molar-refractivity contribution in [2.75, 3.05) is 11.4 Å². The average Bonchev–Trinajstić information content (AvgIpc) is 3.11. The third-order valence-electron chi connectivity index (χ3n) is 5.10. The number of hydrogen-bond acceptors (Lipinski definition) is 3. The number of nitrogens with one attached hydrogen (secondary N) is 1. The second-order valence-electron chi connectivity index (χ2n) is 6.76. The summed E-state index contributed by atoms with van der Waals surface area (Å²) >= 11 is 0. The van der Waals surface area contributed by atoms with Crippen LogP contribution in [0.15, 0.2) is 24.3 Å². The SMILES string of the molecule is N#CC1(C(=O)NCc2cccc(N3CCCCC3=O)c2)CCCC1. The monoisotopic (exact) mass is 325 g/mol. The second-order valence-corrected chi connectivity index (χ2v) is 6.76. The van der Waals surface area contributed by atoms with Gasteiger partial charge in [-0.3, -0.25) is 9.59 Å². The van der Waals surface area contributed by atoms with Crippen molar-refractivity contribution >= 4 is 17.5 Å². The standard InChI is InChI=1S/C19H23N3O2/c20-14-19(9-2-3-10-19)18(24)21-13-15-6-5-7-16(12-15)22-11-4-1-8-17(22)23/h5-7,12H,1-4,8-11,13H2,(H,21,24). The Hall–Kier alpha value is -2.35. The molecule has 1 aromatic rings. The minimum absolute atomic E-state index is 0.164. The smallest absolute Gasteiger partial charge is 0.240 e. The first-order valence-electron chi connectivity index (χ1n) is 8.73. The Morgan fingerprint density at radius 3 is 2.75 bits per heavy atom. The zero-order chi connectivity index (χ0) is 17.0. The van der Waals surface area contributed by atoms with Crippen LogP contribution in [0.1, 0.15) is 50.5 Å². The molecular formula is C19H23N3O2. The summed E-state index contributed by atoms with van der Waals surface area (Å²) in [6.07, 6.45) is 5.76. The molecule has 0 radical (unpaired) electrons. The van der Waals surface area contributed by atoms with Gasteiger partial charge in [0.05, 0.1) is 6.07 Å². The molecule has 1 aliphatic heterocycles. The predicted octanol–water partition coefficient (Wildman–Crippen LogP) is 2.90. The molecular weight excluding hydrogens is 302 g/mol. The highest BCUT2D eigenvalue weighted by Crippen LogP contribution is 2.37. The molecule has 1 N–H and O–H groups in total. The van der Waals surface area contributed by atoms with Gasteiger partial charge in [-0.05, 0) is 43.4 Å². The van der Waals surface area contributed by atoms with Gasteiger partial charge >= 0.3 is 0 Å². The zero-order valence-electron chi connectivity index (χ0n) is 13.9. The van der Waals surface area contributed by atoms with Crippen LogP contribution in [0.5, 0.6) is 0 Å². The zero-order valence-corrected chi connectivity index (χ0v) is 13.9. The third-order valence-corrected chi connectivity index (χ3v) is 5.10. The molecule has 126 valence electrons. The highest BCUT2D eigenvalue weighted by Gasteiger charge is 2.41. The molecule has 3 rings (SSSR count). The van der Waals surface area contributed by atoms with Gasteiger partial charge in [0, 0.05) is 25.2 Å². The number of rotatable bonds is 4. The molecule has 0 bridgehead atoms. The van der Waals surface area contributed by atoms with Gasteiger partial charge < -0.3 is 10.2 Å². The van der Waals surface area contributed by atoms with Crippen molar-refractivity contribution in [1.82, 2.24) is 5.32 Å². The van der Waals surface area contributed by atoms with Gasteiger partial charge in [0.25, 0.3) is 0 Å². The lowest BCUT2D eigenvalue weighted by Crippen LogP contribution is -2.38. The number of piperidine rings is 1. The van der Waals surface area contributed by atoms with Crippen LogP contribution in [0.25, 0.3) is 0 Å². The minimum Gasteiger partial charge on any atom is -0.351 e. The molecule has 1 saturated carbocycles. The molecule has 1 aromatic carbocycles. The Bertz CT molecular complexity index is 671. The molecule has 2 aliphatic rings. The van der Waals surface area contributed by atoms with E-state index in [9.17, 15) is 14.9 Å². The van der Waals surface area contributed by atoms with Gasteiger partial charge in [-0.25, -0.2) is 0 Å². The molecule has 24 heavy (non-hydrogen) atoms. The number of benzene rings is 1. The van der Waals surface area contributed by atoms with Crippen molar-refractivity contribution in [1.29, 1.82) is 5.26 Å². The Balaban J connectivity index is 1.66. The van der Waals surface area contributed by atoms with E-state index in [1.165, 1.54) is 0 Å². The number of hydrogen-bond donors (Lipinski definition) is 1. The van der Waals surface area contributed by atoms with Crippen LogP contribution < -0.4 is 10.2 Å². The van der Waals surface area contributed by atoms with E-state index in [1.807, 2.05) is 29.2 Å². The van der Waals surface area contributed by atoms with Crippen LogP contribution in [0.3, 0.4) is 0 Å². The first-order chi connectivity index (χ1) is 11.6. The lowest BCUT2D eigenvalue weighted by molar-refractivity contribution is -0.128. The molecule has 0 spiro atoms. The van der Waals surface area contributed by atoms with E-state index >= 15 is 0 Å². The normalized spacial score (nSPS) is 19.8. The first kappa shape index (κ1) is 16.5. The number of nitrogens with zero attached hydrogens (tertiary/aromatic N) is 2. The van der Waals surface area contributed by atoms with Crippen LogP contribution >= 0.6 is 0 Å². The van der Waals surface area contributed by atoms with E-state index in [-0.39, 0.29) is 11.8 Å². The van der Waals surface area contributed by atoms with Gasteiger partial charge in [-0.15, -0.1) is 0 Å². The number of amides is 2. The third kappa shape index (κ3) is 3.28. The predicted molar refractivity (Wildman–Crippen MR) is 91.0 cm³/mol. The fourth-order valence-corrected chi connectivity index (χ4v) is 3.63. The minimum atomic E-state index is -0.847. The van der Waals surface area contributed by atoms with Gasteiger partial charge in [0.1, 0.15) is 5.41 Å². The molecule has 2 fully saturated rings. The maximum absolute atomic E-state index is 12.4. The summed E-state index contributed by atoms with van der Waals surface area (Å²) < 4.78 is 0. The number of anilines is 1. The van der Waals surface area contributed by atoms with E-state index in [2.05, 4.69) is 11.4 Å². The quantitative estimate of drug-likeness (QED) is 0.925. The fraction of sp³-hybridized carbons (Fsp3) is 0.526. The molecule has 0 atom stereocenters. The maximum Gasteiger partial charge on any atom is 0.240 e. The van der Waals surface area contributed by atoms with Crippen LogP contribution in [0.2, 0.25) is 0 Å². The van der Waals surface area contributed by atoms with Crippen LogP contribution in [0.4, 0.5) is 5.69 Å². The van der Waals surface area contributed by atoms with Crippen molar-refractivity contribution in [3.8, 4) is 6.07 Å². The van der Waals surface area contributed by atoms with Crippen molar-refractivity contribution in [2.24, 2.45) is 5.41 Å². The second kappa shape index (κ2) is 7.04. The van der Waals surface area contributed by atoms with E-state index < -0.39 is 5.41 Å². The molecule has 0 unspecified atom stereocenters.